The molecule has 5 atom stereocenters. The van der Waals surface area contributed by atoms with Gasteiger partial charge in [-0.3, -0.25) is 0 Å². The summed E-state index contributed by atoms with van der Waals surface area (Å²) >= 11 is 0. The maximum absolute atomic E-state index is 11.3. The maximum atomic E-state index is 11.3. The molecule has 7 nitrogen and oxygen atoms in total. The number of rotatable bonds is 8. The normalized spacial score (nSPS) is 34.3. The minimum atomic E-state index is -3.93. The summed E-state index contributed by atoms with van der Waals surface area (Å²) in [6.45, 7) is 1.80. The Balaban J connectivity index is 2.70. The maximum Gasteiger partial charge on any atom is 0.132 e. The van der Waals surface area contributed by atoms with E-state index in [1.807, 2.05) is 0 Å². The molecule has 0 saturated carbocycles. The van der Waals surface area contributed by atoms with E-state index in [0.717, 1.165) is 6.66 Å². The Morgan fingerprint density at radius 2 is 1.95 bits per heavy atom. The Morgan fingerprint density at radius 3 is 2.47 bits per heavy atom. The van der Waals surface area contributed by atoms with Crippen LogP contribution in [0.1, 0.15) is 0 Å². The molecule has 0 amide bonds. The lowest BCUT2D eigenvalue weighted by Gasteiger charge is -2.29. The van der Waals surface area contributed by atoms with E-state index in [2.05, 4.69) is 0 Å². The van der Waals surface area contributed by atoms with Gasteiger partial charge in [0.2, 0.25) is 0 Å². The molecule has 0 bridgehead atoms. The molecule has 0 spiro atoms. The van der Waals surface area contributed by atoms with E-state index in [-0.39, 0.29) is 13.2 Å². The number of methoxy groups -OCH3 is 2. The first-order valence-electron chi connectivity index (χ1n) is 5.86. The largest absolute Gasteiger partial charge is 0.779 e. The van der Waals surface area contributed by atoms with E-state index in [9.17, 15) is 9.46 Å². The quantitative estimate of drug-likeness (QED) is 0.326. The van der Waals surface area contributed by atoms with Crippen LogP contribution in [0, 0.1) is 0 Å². The molecule has 1 aliphatic heterocycles. The second-order valence-electron chi connectivity index (χ2n) is 4.26. The average molecular weight is 293 g/mol. The van der Waals surface area contributed by atoms with Gasteiger partial charge in [0.05, 0.1) is 19.8 Å². The first-order valence-corrected chi connectivity index (χ1v) is 7.85. The van der Waals surface area contributed by atoms with Crippen LogP contribution in [-0.2, 0) is 28.0 Å². The molecule has 1 aliphatic rings. The molecule has 2 radical (unpaired) electrons. The molecule has 0 aromatic rings. The van der Waals surface area contributed by atoms with Crippen molar-refractivity contribution in [3.8, 4) is 0 Å². The van der Waals surface area contributed by atoms with Crippen molar-refractivity contribution < 1.29 is 32.9 Å². The van der Waals surface area contributed by atoms with Crippen molar-refractivity contribution in [2.24, 2.45) is 0 Å². The zero-order valence-electron chi connectivity index (χ0n) is 11.3. The summed E-state index contributed by atoms with van der Waals surface area (Å²) in [5.74, 6) is 0. The fourth-order valence-corrected chi connectivity index (χ4v) is 2.56. The third kappa shape index (κ3) is 5.51. The fraction of sp³-hybridized carbons (Fsp3) is 1.00. The molecule has 0 aromatic carbocycles. The van der Waals surface area contributed by atoms with Crippen LogP contribution in [-0.4, -0.2) is 72.9 Å². The van der Waals surface area contributed by atoms with Crippen molar-refractivity contribution in [3.63, 3.8) is 0 Å². The van der Waals surface area contributed by atoms with Crippen molar-refractivity contribution in [2.75, 3.05) is 40.7 Å². The van der Waals surface area contributed by atoms with Crippen molar-refractivity contribution in [3.05, 3.63) is 0 Å². The van der Waals surface area contributed by atoms with Crippen molar-refractivity contribution in [1.82, 2.24) is 0 Å². The zero-order valence-corrected chi connectivity index (χ0v) is 12.2. The Kier molecular flexibility index (Phi) is 6.97. The summed E-state index contributed by atoms with van der Waals surface area (Å²) in [4.78, 5) is 11.3. The topological polar surface area (TPSA) is 86.3 Å². The lowest BCUT2D eigenvalue weighted by molar-refractivity contribution is -0.205. The third-order valence-electron chi connectivity index (χ3n) is 2.59. The van der Waals surface area contributed by atoms with Crippen LogP contribution < -0.4 is 4.89 Å². The van der Waals surface area contributed by atoms with Gasteiger partial charge in [-0.2, -0.15) is 0 Å². The van der Waals surface area contributed by atoms with Gasteiger partial charge < -0.3 is 32.9 Å². The second kappa shape index (κ2) is 7.74. The molecule has 1 saturated heterocycles. The van der Waals surface area contributed by atoms with Gasteiger partial charge >= 0.3 is 0 Å². The smallest absolute Gasteiger partial charge is 0.132 e. The SMILES string of the molecule is [B][C@@H]1O[C@H](COC)C(OP(C)(=O)[O-])[C@@H]1OCCOC. The molecule has 110 valence electrons. The molecule has 0 aliphatic carbocycles. The standard InChI is InChI=1S/C10H20BO7P/c1-14-4-5-16-9-8(18-19(3,12)13)7(6-15-2)17-10(9)11/h7-10H,4-6H2,1-3H3,(H,12,13)/p-1/t7-,8?,9+,10-/m1/s1. The van der Waals surface area contributed by atoms with E-state index in [1.54, 1.807) is 0 Å². The highest BCUT2D eigenvalue weighted by Gasteiger charge is 2.44. The first kappa shape index (κ1) is 17.1. The van der Waals surface area contributed by atoms with Crippen molar-refractivity contribution >= 4 is 15.4 Å². The summed E-state index contributed by atoms with van der Waals surface area (Å²) in [6, 6.07) is -0.770. The third-order valence-corrected chi connectivity index (χ3v) is 3.21. The van der Waals surface area contributed by atoms with Crippen LogP contribution >= 0.6 is 7.60 Å². The molecule has 19 heavy (non-hydrogen) atoms. The Morgan fingerprint density at radius 1 is 1.26 bits per heavy atom. The van der Waals surface area contributed by atoms with E-state index < -0.39 is 31.9 Å². The summed E-state index contributed by atoms with van der Waals surface area (Å²) < 4.78 is 37.0. The first-order chi connectivity index (χ1) is 8.89. The summed E-state index contributed by atoms with van der Waals surface area (Å²) in [5.41, 5.74) is 0. The molecular formula is C10H19BO7P-. The van der Waals surface area contributed by atoms with E-state index >= 15 is 0 Å². The lowest BCUT2D eigenvalue weighted by atomic mass is 9.93. The number of hydrogen-bond acceptors (Lipinski definition) is 7. The molecule has 9 heteroatoms. The molecule has 2 unspecified atom stereocenters. The molecule has 1 rings (SSSR count). The zero-order chi connectivity index (χ0) is 14.5. The van der Waals surface area contributed by atoms with Gasteiger partial charge in [-0.05, 0) is 0 Å². The molecule has 0 N–H and O–H groups in total. The minimum absolute atomic E-state index is 0.169. The van der Waals surface area contributed by atoms with Gasteiger partial charge in [0, 0.05) is 26.9 Å². The summed E-state index contributed by atoms with van der Waals surface area (Å²) in [7, 11) is 4.86. The van der Waals surface area contributed by atoms with E-state index in [1.165, 1.54) is 14.2 Å². The molecule has 0 aromatic heterocycles. The minimum Gasteiger partial charge on any atom is -0.779 e. The highest BCUT2D eigenvalue weighted by atomic mass is 31.2. The monoisotopic (exact) mass is 293 g/mol. The van der Waals surface area contributed by atoms with Gasteiger partial charge in [-0.1, -0.05) is 0 Å². The second-order valence-corrected chi connectivity index (χ2v) is 6.02. The molecule has 1 heterocycles. The lowest BCUT2D eigenvalue weighted by Crippen LogP contribution is -2.39. The molecule has 1 fully saturated rings. The van der Waals surface area contributed by atoms with Crippen LogP contribution in [0.3, 0.4) is 0 Å². The van der Waals surface area contributed by atoms with Gasteiger partial charge in [0.15, 0.2) is 0 Å². The summed E-state index contributed by atoms with van der Waals surface area (Å²) in [5, 5.41) is 0. The molecular weight excluding hydrogens is 274 g/mol. The van der Waals surface area contributed by atoms with Gasteiger partial charge in [-0.25, -0.2) is 0 Å². The van der Waals surface area contributed by atoms with Gasteiger partial charge in [-0.15, -0.1) is 0 Å². The fourth-order valence-electron chi connectivity index (χ4n) is 1.86. The highest BCUT2D eigenvalue weighted by molar-refractivity contribution is 7.50. The van der Waals surface area contributed by atoms with Crippen LogP contribution in [0.2, 0.25) is 0 Å². The Bertz CT molecular complexity index is 310. The summed E-state index contributed by atoms with van der Waals surface area (Å²) in [6.07, 6.45) is -2.09. The van der Waals surface area contributed by atoms with Crippen LogP contribution in [0.15, 0.2) is 0 Å². The number of ether oxygens (including phenoxy) is 4. The van der Waals surface area contributed by atoms with Crippen molar-refractivity contribution in [1.29, 1.82) is 0 Å². The highest BCUT2D eigenvalue weighted by Crippen LogP contribution is 2.39. The Labute approximate surface area is 114 Å². The predicted octanol–water partition coefficient (Wildman–Crippen LogP) is -0.874. The predicted molar refractivity (Wildman–Crippen MR) is 66.3 cm³/mol. The van der Waals surface area contributed by atoms with Gasteiger partial charge in [0.1, 0.15) is 33.8 Å². The number of hydrogen-bond donors (Lipinski definition) is 0. The average Bonchev–Trinajstić information content (AvgIpc) is 2.56. The van der Waals surface area contributed by atoms with Gasteiger partial charge in [0.25, 0.3) is 0 Å². The van der Waals surface area contributed by atoms with E-state index in [0.29, 0.717) is 6.61 Å². The van der Waals surface area contributed by atoms with E-state index in [4.69, 9.17) is 31.3 Å². The van der Waals surface area contributed by atoms with Crippen LogP contribution in [0.4, 0.5) is 0 Å². The Hall–Kier alpha value is 0.0549. The van der Waals surface area contributed by atoms with Crippen LogP contribution in [0.25, 0.3) is 0 Å². The van der Waals surface area contributed by atoms with Crippen LogP contribution in [0.5, 0.6) is 0 Å². The van der Waals surface area contributed by atoms with Crippen molar-refractivity contribution in [2.45, 2.75) is 24.3 Å².